The van der Waals surface area contributed by atoms with Gasteiger partial charge in [-0.25, -0.2) is 0 Å². The van der Waals surface area contributed by atoms with Gasteiger partial charge in [-0.2, -0.15) is 4.57 Å². The minimum absolute atomic E-state index is 0.0721. The molecule has 2 aromatic heterocycles. The number of aliphatic hydroxyl groups is 1. The maximum absolute atomic E-state index is 11.3. The Kier molecular flexibility index (Phi) is 6.04. The Balaban J connectivity index is 2.07. The Bertz CT molecular complexity index is 1090. The Morgan fingerprint density at radius 3 is 2.72 bits per heavy atom. The Morgan fingerprint density at radius 2 is 2.07 bits per heavy atom. The second-order valence-corrected chi connectivity index (χ2v) is 6.91. The lowest BCUT2D eigenvalue weighted by Gasteiger charge is -2.10. The average Bonchev–Trinajstić information content (AvgIpc) is 3.20. The highest BCUT2D eigenvalue weighted by Gasteiger charge is 2.25. The van der Waals surface area contributed by atoms with E-state index in [0.29, 0.717) is 29.1 Å². The first kappa shape index (κ1) is 20.2. The van der Waals surface area contributed by atoms with Crippen LogP contribution in [0.2, 0.25) is 0 Å². The number of pyridine rings is 1. The third-order valence-corrected chi connectivity index (χ3v) is 4.67. The predicted molar refractivity (Wildman–Crippen MR) is 113 cm³/mol. The number of nitro groups is 1. The van der Waals surface area contributed by atoms with Gasteiger partial charge in [0.15, 0.2) is 23.1 Å². The molecular formula is C21H20N3O4S+. The van der Waals surface area contributed by atoms with Crippen LogP contribution in [0.1, 0.15) is 22.5 Å². The van der Waals surface area contributed by atoms with Crippen LogP contribution in [0.4, 0.5) is 5.69 Å². The highest BCUT2D eigenvalue weighted by molar-refractivity contribution is 7.81. The van der Waals surface area contributed by atoms with E-state index < -0.39 is 4.92 Å². The number of aryl methyl sites for hydroxylation is 2. The summed E-state index contributed by atoms with van der Waals surface area (Å²) in [6.45, 7) is 3.90. The van der Waals surface area contributed by atoms with Crippen molar-refractivity contribution in [2.24, 2.45) is 0 Å². The van der Waals surface area contributed by atoms with E-state index in [2.05, 4.69) is 5.32 Å². The predicted octanol–water partition coefficient (Wildman–Crippen LogP) is 4.09. The van der Waals surface area contributed by atoms with Crippen molar-refractivity contribution in [2.75, 3.05) is 0 Å². The van der Waals surface area contributed by atoms with Gasteiger partial charge in [-0.05, 0) is 32.0 Å². The molecule has 7 nitrogen and oxygen atoms in total. The molecule has 0 fully saturated rings. The van der Waals surface area contributed by atoms with Crippen LogP contribution in [0.5, 0.6) is 0 Å². The summed E-state index contributed by atoms with van der Waals surface area (Å²) in [6, 6.07) is 11.9. The van der Waals surface area contributed by atoms with Crippen LogP contribution in [0.25, 0.3) is 11.5 Å². The van der Waals surface area contributed by atoms with Crippen LogP contribution >= 0.6 is 12.2 Å². The van der Waals surface area contributed by atoms with Crippen molar-refractivity contribution in [3.63, 3.8) is 0 Å². The lowest BCUT2D eigenvalue weighted by molar-refractivity contribution is -0.576. The fourth-order valence-electron chi connectivity index (χ4n) is 2.83. The third kappa shape index (κ3) is 4.67. The first-order valence-corrected chi connectivity index (χ1v) is 9.25. The first-order chi connectivity index (χ1) is 13.9. The molecule has 0 aliphatic carbocycles. The van der Waals surface area contributed by atoms with E-state index in [9.17, 15) is 15.2 Å². The van der Waals surface area contributed by atoms with Crippen LogP contribution in [0.15, 0.2) is 65.5 Å². The normalized spacial score (nSPS) is 11.7. The maximum Gasteiger partial charge on any atom is 0.288 e. The monoisotopic (exact) mass is 410 g/mol. The number of nitrogens with zero attached hydrogens (tertiary/aromatic N) is 2. The molecule has 0 radical (unpaired) electrons. The lowest BCUT2D eigenvalue weighted by Crippen LogP contribution is -2.41. The smallest absolute Gasteiger partial charge is 0.288 e. The Morgan fingerprint density at radius 1 is 1.28 bits per heavy atom. The number of thiocarbonyl (C=S) groups is 1. The summed E-state index contributed by atoms with van der Waals surface area (Å²) in [5.41, 5.74) is 2.01. The standard InChI is InChI=1S/C21H19N3O4S/c1-14-5-3-9-23(13-14)19(21(29)22-12-17-6-4-10-28-17)20(25)16-8-7-15(2)18(11-16)24(26)27/h3-11,13H,12H2,1-2H3,(H-,22,25,29)/p+1. The second-order valence-electron chi connectivity index (χ2n) is 6.51. The van der Waals surface area contributed by atoms with Crippen LogP contribution in [-0.4, -0.2) is 15.0 Å². The van der Waals surface area contributed by atoms with Crippen LogP contribution in [-0.2, 0) is 6.54 Å². The van der Waals surface area contributed by atoms with E-state index in [-0.39, 0.29) is 16.4 Å². The summed E-state index contributed by atoms with van der Waals surface area (Å²) in [6.07, 6.45) is 5.13. The largest absolute Gasteiger partial charge is 0.502 e. The summed E-state index contributed by atoms with van der Waals surface area (Å²) in [5.74, 6) is 0.520. The molecule has 3 aromatic rings. The SMILES string of the molecule is Cc1ccc[n+](/C(C(=S)NCc2ccco2)=C(/O)c2ccc(C)c([N+](=O)[O-])c2)c1. The molecule has 0 saturated heterocycles. The van der Waals surface area contributed by atoms with Crippen molar-refractivity contribution in [1.29, 1.82) is 0 Å². The number of aromatic nitrogens is 1. The van der Waals surface area contributed by atoms with Crippen molar-refractivity contribution < 1.29 is 19.0 Å². The number of furan rings is 1. The summed E-state index contributed by atoms with van der Waals surface area (Å²) in [5, 5.41) is 25.4. The molecule has 148 valence electrons. The summed E-state index contributed by atoms with van der Waals surface area (Å²) >= 11 is 5.53. The van der Waals surface area contributed by atoms with E-state index in [1.54, 1.807) is 42.1 Å². The molecule has 0 saturated carbocycles. The number of benzene rings is 1. The topological polar surface area (TPSA) is 92.4 Å². The van der Waals surface area contributed by atoms with Gasteiger partial charge >= 0.3 is 0 Å². The van der Waals surface area contributed by atoms with Crippen molar-refractivity contribution in [3.05, 3.63) is 93.7 Å². The van der Waals surface area contributed by atoms with Crippen molar-refractivity contribution in [2.45, 2.75) is 20.4 Å². The molecule has 0 aliphatic rings. The molecule has 0 bridgehead atoms. The molecule has 0 spiro atoms. The zero-order chi connectivity index (χ0) is 21.0. The van der Waals surface area contributed by atoms with Gasteiger partial charge in [-0.3, -0.25) is 10.1 Å². The van der Waals surface area contributed by atoms with Crippen LogP contribution < -0.4 is 9.88 Å². The van der Waals surface area contributed by atoms with Gasteiger partial charge in [-0.15, -0.1) is 0 Å². The van der Waals surface area contributed by atoms with Crippen LogP contribution in [0.3, 0.4) is 0 Å². The van der Waals surface area contributed by atoms with Gasteiger partial charge in [0.1, 0.15) is 5.76 Å². The molecule has 0 amide bonds. The fourth-order valence-corrected chi connectivity index (χ4v) is 3.11. The lowest BCUT2D eigenvalue weighted by atomic mass is 10.1. The zero-order valence-corrected chi connectivity index (χ0v) is 16.8. The molecule has 0 atom stereocenters. The number of nitrogens with one attached hydrogen (secondary N) is 1. The summed E-state index contributed by atoms with van der Waals surface area (Å²) < 4.78 is 6.99. The molecule has 8 heteroatoms. The number of hydrogen-bond acceptors (Lipinski definition) is 5. The quantitative estimate of drug-likeness (QED) is 0.159. The van der Waals surface area contributed by atoms with Gasteiger partial charge in [0, 0.05) is 28.8 Å². The fraction of sp³-hybridized carbons (Fsp3) is 0.143. The van der Waals surface area contributed by atoms with Gasteiger partial charge in [-0.1, -0.05) is 24.4 Å². The second kappa shape index (κ2) is 8.66. The van der Waals surface area contributed by atoms with E-state index in [1.807, 2.05) is 31.3 Å². The Labute approximate surface area is 173 Å². The molecule has 2 N–H and O–H groups in total. The summed E-state index contributed by atoms with van der Waals surface area (Å²) in [4.78, 5) is 11.1. The van der Waals surface area contributed by atoms with Crippen molar-refractivity contribution in [1.82, 2.24) is 5.32 Å². The average molecular weight is 410 g/mol. The van der Waals surface area contributed by atoms with Gasteiger partial charge < -0.3 is 14.8 Å². The van der Waals surface area contributed by atoms with E-state index in [1.165, 1.54) is 6.07 Å². The van der Waals surface area contributed by atoms with Crippen molar-refractivity contribution >= 4 is 34.3 Å². The number of hydrogen-bond donors (Lipinski definition) is 2. The zero-order valence-electron chi connectivity index (χ0n) is 16.0. The molecular weight excluding hydrogens is 390 g/mol. The maximum atomic E-state index is 11.3. The van der Waals surface area contributed by atoms with Crippen molar-refractivity contribution in [3.8, 4) is 0 Å². The molecule has 29 heavy (non-hydrogen) atoms. The Hall–Kier alpha value is -3.52. The molecule has 2 heterocycles. The molecule has 0 aliphatic heterocycles. The number of rotatable bonds is 6. The van der Waals surface area contributed by atoms with Gasteiger partial charge in [0.25, 0.3) is 11.4 Å². The summed E-state index contributed by atoms with van der Waals surface area (Å²) in [7, 11) is 0. The first-order valence-electron chi connectivity index (χ1n) is 8.84. The van der Waals surface area contributed by atoms with E-state index in [0.717, 1.165) is 5.56 Å². The van der Waals surface area contributed by atoms with Gasteiger partial charge in [0.05, 0.1) is 17.7 Å². The van der Waals surface area contributed by atoms with E-state index >= 15 is 0 Å². The molecule has 1 aromatic carbocycles. The molecule has 0 unspecified atom stereocenters. The highest BCUT2D eigenvalue weighted by atomic mass is 32.1. The van der Waals surface area contributed by atoms with Gasteiger partial charge in [0.2, 0.25) is 0 Å². The third-order valence-electron chi connectivity index (χ3n) is 4.33. The van der Waals surface area contributed by atoms with E-state index in [4.69, 9.17) is 16.6 Å². The minimum atomic E-state index is -0.473. The number of aliphatic hydroxyl groups excluding tert-OH is 1. The minimum Gasteiger partial charge on any atom is -0.502 e. The number of nitro benzene ring substituents is 1. The molecule has 3 rings (SSSR count). The van der Waals surface area contributed by atoms with Crippen LogP contribution in [0, 0.1) is 24.0 Å². The highest BCUT2D eigenvalue weighted by Crippen LogP contribution is 2.25.